The average Bonchev–Trinajstić information content (AvgIpc) is 3.26. The van der Waals surface area contributed by atoms with Gasteiger partial charge < -0.3 is 15.3 Å². The van der Waals surface area contributed by atoms with E-state index in [-0.39, 0.29) is 70.8 Å². The van der Waals surface area contributed by atoms with Crippen molar-refractivity contribution in [1.29, 1.82) is 0 Å². The zero-order chi connectivity index (χ0) is 46.1. The van der Waals surface area contributed by atoms with Crippen molar-refractivity contribution in [2.75, 3.05) is 39.3 Å². The van der Waals surface area contributed by atoms with Gasteiger partial charge in [-0.2, -0.15) is 0 Å². The van der Waals surface area contributed by atoms with Crippen LogP contribution in [0.3, 0.4) is 0 Å². The number of phenols is 3. The van der Waals surface area contributed by atoms with Crippen molar-refractivity contribution in [2.45, 2.75) is 78.6 Å². The molecule has 3 N–H and O–H groups in total. The fourth-order valence-electron chi connectivity index (χ4n) is 7.14. The molecule has 10 nitrogen and oxygen atoms in total. The summed E-state index contributed by atoms with van der Waals surface area (Å²) in [5.41, 5.74) is 8.76. The third kappa shape index (κ3) is 13.6. The summed E-state index contributed by atoms with van der Waals surface area (Å²) in [6.07, 6.45) is 10.4. The molecule has 6 rings (SSSR count). The number of benzene rings is 3. The number of phenolic OH excluding ortho intramolecular Hbond substituents is 3. The number of hydrogen-bond donors (Lipinski definition) is 3. The molecule has 344 valence electrons. The molecule has 0 amide bonds. The first-order valence-corrected chi connectivity index (χ1v) is 22.0. The average molecular weight is 1030 g/mol. The third-order valence-electron chi connectivity index (χ3n) is 11.2. The van der Waals surface area contributed by atoms with Gasteiger partial charge in [-0.1, -0.05) is 80.5 Å². The zero-order valence-corrected chi connectivity index (χ0v) is 41.0. The molecule has 0 saturated heterocycles. The van der Waals surface area contributed by atoms with Crippen LogP contribution < -0.4 is 0 Å². The molecule has 65 heavy (non-hydrogen) atoms. The topological polar surface area (TPSA) is 140 Å². The van der Waals surface area contributed by atoms with E-state index in [1.807, 2.05) is 91.0 Å². The minimum absolute atomic E-state index is 0. The summed E-state index contributed by atoms with van der Waals surface area (Å²) in [6.45, 7) is 22.6. The van der Waals surface area contributed by atoms with Gasteiger partial charge in [-0.25, -0.2) is 0 Å². The number of aliphatic imine (C=N–C) groups is 3. The number of rotatable bonds is 15. The maximum atomic E-state index is 11.4. The number of aromatic hydroxyl groups is 3. The summed E-state index contributed by atoms with van der Waals surface area (Å²) in [7, 11) is 0. The Balaban J connectivity index is 0.00000793. The second-order valence-corrected chi connectivity index (χ2v) is 19.2. The summed E-state index contributed by atoms with van der Waals surface area (Å²) in [5.74, 6) is 0.433. The van der Waals surface area contributed by atoms with Crippen molar-refractivity contribution < 1.29 is 52.6 Å². The van der Waals surface area contributed by atoms with E-state index in [0.717, 1.165) is 16.7 Å². The van der Waals surface area contributed by atoms with Crippen LogP contribution in [0.25, 0.3) is 33.8 Å². The van der Waals surface area contributed by atoms with Gasteiger partial charge in [0, 0.05) is 128 Å². The van der Waals surface area contributed by atoms with E-state index in [9.17, 15) is 15.3 Å². The van der Waals surface area contributed by atoms with Crippen LogP contribution in [-0.2, 0) is 16.2 Å². The van der Waals surface area contributed by atoms with Crippen LogP contribution in [0, 0.1) is 37.3 Å². The molecule has 3 heterocycles. The smallest absolute Gasteiger partial charge is 0.133 e. The maximum Gasteiger partial charge on any atom is 0.133 e. The van der Waals surface area contributed by atoms with Crippen molar-refractivity contribution in [3.8, 4) is 51.0 Å². The SMILES string of the molecule is CC(C)(C)c1cc(C=NCCN(CCN=Cc2cc(C(C)(C)C)cc(-c3ccccn3)c2O)CCN=Cc2cc(C(C)(C)C)cc(-c3ccccn3)c2O)c(O)c(-c2ccccn2)c1.[Er]. The molecule has 0 aliphatic rings. The van der Waals surface area contributed by atoms with E-state index in [2.05, 4.69) is 82.2 Å². The molecular formula is C54H63ErN7O3. The predicted molar refractivity (Wildman–Crippen MR) is 264 cm³/mol. The van der Waals surface area contributed by atoms with Crippen LogP contribution in [0.4, 0.5) is 0 Å². The van der Waals surface area contributed by atoms with E-state index in [1.165, 1.54) is 0 Å². The predicted octanol–water partition coefficient (Wildman–Crippen LogP) is 10.8. The molecule has 0 aliphatic carbocycles. The Labute approximate surface area is 415 Å². The van der Waals surface area contributed by atoms with Gasteiger partial charge in [0.15, 0.2) is 0 Å². The van der Waals surface area contributed by atoms with E-state index in [0.29, 0.717) is 89.7 Å². The van der Waals surface area contributed by atoms with Crippen LogP contribution in [0.1, 0.15) is 95.7 Å². The minimum atomic E-state index is -0.159. The quantitative estimate of drug-likeness (QED) is 0.0871. The fourth-order valence-corrected chi connectivity index (χ4v) is 7.14. The molecule has 6 aromatic rings. The number of aromatic nitrogens is 3. The van der Waals surface area contributed by atoms with Crippen molar-refractivity contribution in [2.24, 2.45) is 15.0 Å². The monoisotopic (exact) mass is 1020 g/mol. The molecule has 0 fully saturated rings. The molecule has 0 spiro atoms. The van der Waals surface area contributed by atoms with Gasteiger partial charge in [-0.15, -0.1) is 0 Å². The molecule has 3 aromatic heterocycles. The Morgan fingerprint density at radius 1 is 0.446 bits per heavy atom. The first-order chi connectivity index (χ1) is 30.4. The molecule has 0 radical (unpaired) electrons. The maximum absolute atomic E-state index is 11.4. The summed E-state index contributed by atoms with van der Waals surface area (Å²) in [4.78, 5) is 30.2. The van der Waals surface area contributed by atoms with Gasteiger partial charge in [0.05, 0.1) is 36.7 Å². The van der Waals surface area contributed by atoms with Gasteiger partial charge in [-0.3, -0.25) is 34.8 Å². The van der Waals surface area contributed by atoms with Gasteiger partial charge in [0.1, 0.15) is 17.2 Å². The number of hydrogen-bond acceptors (Lipinski definition) is 10. The number of nitrogens with zero attached hydrogens (tertiary/aromatic N) is 7. The van der Waals surface area contributed by atoms with E-state index in [4.69, 9.17) is 15.0 Å². The fraction of sp³-hybridized carbons (Fsp3) is 0.333. The van der Waals surface area contributed by atoms with Gasteiger partial charge in [-0.05, 0) is 106 Å². The second-order valence-electron chi connectivity index (χ2n) is 19.2. The molecule has 0 atom stereocenters. The Hall–Kier alpha value is -5.27. The molecule has 0 bridgehead atoms. The Kier molecular flexibility index (Phi) is 17.4. The first-order valence-electron chi connectivity index (χ1n) is 22.0. The summed E-state index contributed by atoms with van der Waals surface area (Å²) < 4.78 is 0. The standard InChI is InChI=1S/C54H63N7O3.Er/c1-52(2,3)40-28-37(49(62)43(31-40)46-16-10-13-19-58-46)34-55-22-25-61(26-23-56-35-38-29-41(53(4,5)6)32-44(50(38)63)47-17-11-14-20-59-47)27-24-57-36-39-30-42(54(7,8)9)33-45(51(39)64)48-18-12-15-21-60-48;/h10-21,28-36,62-64H,22-27H2,1-9H3;. The third-order valence-corrected chi connectivity index (χ3v) is 11.2. The summed E-state index contributed by atoms with van der Waals surface area (Å²) >= 11 is 0. The summed E-state index contributed by atoms with van der Waals surface area (Å²) in [5, 5.41) is 34.3. The van der Waals surface area contributed by atoms with Crippen LogP contribution >= 0.6 is 0 Å². The van der Waals surface area contributed by atoms with Gasteiger partial charge in [0.2, 0.25) is 0 Å². The van der Waals surface area contributed by atoms with E-state index >= 15 is 0 Å². The normalized spacial score (nSPS) is 12.5. The van der Waals surface area contributed by atoms with Crippen LogP contribution in [0.5, 0.6) is 17.2 Å². The van der Waals surface area contributed by atoms with Crippen molar-refractivity contribution in [3.05, 3.63) is 143 Å². The Morgan fingerprint density at radius 3 is 0.954 bits per heavy atom. The van der Waals surface area contributed by atoms with Crippen LogP contribution in [0.15, 0.2) is 125 Å². The van der Waals surface area contributed by atoms with Gasteiger partial charge in [0.25, 0.3) is 0 Å². The van der Waals surface area contributed by atoms with Crippen LogP contribution in [0.2, 0.25) is 0 Å². The Bertz CT molecular complexity index is 2310. The second kappa shape index (κ2) is 22.3. The molecule has 0 aliphatic heterocycles. The van der Waals surface area contributed by atoms with Crippen molar-refractivity contribution in [1.82, 2.24) is 19.9 Å². The van der Waals surface area contributed by atoms with Crippen molar-refractivity contribution in [3.63, 3.8) is 0 Å². The number of pyridine rings is 3. The Morgan fingerprint density at radius 2 is 0.723 bits per heavy atom. The first kappa shape index (κ1) is 50.7. The van der Waals surface area contributed by atoms with Crippen molar-refractivity contribution >= 4 is 18.6 Å². The van der Waals surface area contributed by atoms with Crippen LogP contribution in [-0.4, -0.2) is 93.1 Å². The minimum Gasteiger partial charge on any atom is -0.507 e. The molecule has 11 heteroatoms. The molecule has 3 aromatic carbocycles. The van der Waals surface area contributed by atoms with Gasteiger partial charge >= 0.3 is 0 Å². The molecule has 0 saturated carbocycles. The summed E-state index contributed by atoms with van der Waals surface area (Å²) in [6, 6.07) is 29.0. The molecular weight excluding hydrogens is 962 g/mol. The van der Waals surface area contributed by atoms with E-state index < -0.39 is 0 Å². The largest absolute Gasteiger partial charge is 0.507 e. The zero-order valence-electron chi connectivity index (χ0n) is 39.1. The molecule has 0 unspecified atom stereocenters. The van der Waals surface area contributed by atoms with E-state index in [1.54, 1.807) is 37.2 Å².